The van der Waals surface area contributed by atoms with Crippen molar-refractivity contribution in [3.63, 3.8) is 0 Å². The lowest BCUT2D eigenvalue weighted by Gasteiger charge is -2.11. The summed E-state index contributed by atoms with van der Waals surface area (Å²) < 4.78 is 13.3. The van der Waals surface area contributed by atoms with Gasteiger partial charge in [0.15, 0.2) is 11.0 Å². The average Bonchev–Trinajstić information content (AvgIpc) is 3.34. The molecule has 0 spiro atoms. The van der Waals surface area contributed by atoms with Crippen LogP contribution in [0.2, 0.25) is 0 Å². The zero-order valence-corrected chi connectivity index (χ0v) is 14.3. The number of hydrogen-bond acceptors (Lipinski definition) is 5. The first kappa shape index (κ1) is 15.5. The Hall–Kier alpha value is -2.05. The predicted molar refractivity (Wildman–Crippen MR) is 93.5 cm³/mol. The van der Waals surface area contributed by atoms with Crippen molar-refractivity contribution in [1.82, 2.24) is 14.8 Å². The van der Waals surface area contributed by atoms with Gasteiger partial charge in [0.1, 0.15) is 5.76 Å². The van der Waals surface area contributed by atoms with Gasteiger partial charge >= 0.3 is 0 Å². The molecular formula is C18H19N3O2S. The van der Waals surface area contributed by atoms with E-state index in [1.807, 2.05) is 31.2 Å². The molecule has 0 N–H and O–H groups in total. The van der Waals surface area contributed by atoms with Crippen molar-refractivity contribution in [2.75, 3.05) is 12.4 Å². The minimum absolute atomic E-state index is 0.315. The molecule has 1 aliphatic rings. The summed E-state index contributed by atoms with van der Waals surface area (Å²) in [6.45, 7) is 2.81. The normalized spacial score (nSPS) is 17.5. The minimum atomic E-state index is 0.315. The van der Waals surface area contributed by atoms with Crippen LogP contribution in [-0.4, -0.2) is 33.2 Å². The summed E-state index contributed by atoms with van der Waals surface area (Å²) in [5, 5.41) is 9.74. The molecule has 0 aliphatic carbocycles. The highest BCUT2D eigenvalue weighted by atomic mass is 32.2. The molecule has 3 aromatic rings. The van der Waals surface area contributed by atoms with Crippen LogP contribution >= 0.6 is 11.8 Å². The quantitative estimate of drug-likeness (QED) is 0.654. The number of ether oxygens (including phenoxy) is 1. The summed E-state index contributed by atoms with van der Waals surface area (Å²) in [4.78, 5) is 0. The molecule has 0 unspecified atom stereocenters. The number of aromatic nitrogens is 3. The number of hydrogen-bond donors (Lipinski definition) is 0. The van der Waals surface area contributed by atoms with E-state index in [4.69, 9.17) is 9.15 Å². The number of aryl methyl sites for hydroxylation is 1. The van der Waals surface area contributed by atoms with E-state index in [1.165, 1.54) is 0 Å². The highest BCUT2D eigenvalue weighted by Gasteiger charge is 2.21. The van der Waals surface area contributed by atoms with Crippen molar-refractivity contribution < 1.29 is 9.15 Å². The Balaban J connectivity index is 1.71. The van der Waals surface area contributed by atoms with Crippen LogP contribution < -0.4 is 0 Å². The second-order valence-electron chi connectivity index (χ2n) is 5.81. The lowest BCUT2D eigenvalue weighted by Crippen LogP contribution is -2.09. The van der Waals surface area contributed by atoms with Gasteiger partial charge in [0.05, 0.1) is 17.9 Å². The van der Waals surface area contributed by atoms with Crippen LogP contribution in [0.15, 0.2) is 52.2 Å². The molecule has 4 rings (SSSR count). The van der Waals surface area contributed by atoms with Gasteiger partial charge in [-0.25, -0.2) is 0 Å². The second-order valence-corrected chi connectivity index (χ2v) is 6.80. The van der Waals surface area contributed by atoms with Gasteiger partial charge in [-0.1, -0.05) is 30.0 Å². The van der Waals surface area contributed by atoms with Gasteiger partial charge in [-0.2, -0.15) is 0 Å². The van der Waals surface area contributed by atoms with E-state index in [0.29, 0.717) is 6.10 Å². The Morgan fingerprint density at radius 2 is 2.08 bits per heavy atom. The van der Waals surface area contributed by atoms with E-state index in [0.717, 1.165) is 53.2 Å². The third-order valence-electron chi connectivity index (χ3n) is 4.17. The summed E-state index contributed by atoms with van der Waals surface area (Å²) in [5.41, 5.74) is 2.02. The van der Waals surface area contributed by atoms with E-state index < -0.39 is 0 Å². The predicted octanol–water partition coefficient (Wildman–Crippen LogP) is 4.11. The molecule has 1 saturated heterocycles. The van der Waals surface area contributed by atoms with Crippen LogP contribution in [-0.2, 0) is 4.74 Å². The van der Waals surface area contributed by atoms with E-state index in [-0.39, 0.29) is 0 Å². The van der Waals surface area contributed by atoms with Crippen LogP contribution in [0.3, 0.4) is 0 Å². The van der Waals surface area contributed by atoms with Crippen molar-refractivity contribution >= 4 is 11.8 Å². The van der Waals surface area contributed by atoms with Crippen LogP contribution in [0.4, 0.5) is 0 Å². The van der Waals surface area contributed by atoms with Gasteiger partial charge < -0.3 is 9.15 Å². The Morgan fingerprint density at radius 3 is 2.79 bits per heavy atom. The first-order chi connectivity index (χ1) is 11.8. The SMILES string of the molecule is Cc1occc1-c1nnc(SC[C@H]2CCCO2)n1-c1ccccc1. The molecule has 1 atom stereocenters. The van der Waals surface area contributed by atoms with Crippen molar-refractivity contribution in [3.8, 4) is 17.1 Å². The maximum absolute atomic E-state index is 5.73. The lowest BCUT2D eigenvalue weighted by molar-refractivity contribution is 0.129. The summed E-state index contributed by atoms with van der Waals surface area (Å²) >= 11 is 1.70. The Kier molecular flexibility index (Phi) is 4.40. The molecule has 0 bridgehead atoms. The molecule has 0 radical (unpaired) electrons. The average molecular weight is 341 g/mol. The summed E-state index contributed by atoms with van der Waals surface area (Å²) in [6.07, 6.45) is 4.28. The van der Waals surface area contributed by atoms with Crippen molar-refractivity contribution in [2.24, 2.45) is 0 Å². The zero-order chi connectivity index (χ0) is 16.4. The van der Waals surface area contributed by atoms with Gasteiger partial charge in [-0.05, 0) is 38.0 Å². The van der Waals surface area contributed by atoms with Crippen molar-refractivity contribution in [2.45, 2.75) is 31.0 Å². The summed E-state index contributed by atoms with van der Waals surface area (Å²) in [5.74, 6) is 2.55. The van der Waals surface area contributed by atoms with E-state index in [1.54, 1.807) is 18.0 Å². The fourth-order valence-corrected chi connectivity index (χ4v) is 3.93. The third kappa shape index (κ3) is 2.99. The van der Waals surface area contributed by atoms with Crippen molar-refractivity contribution in [1.29, 1.82) is 0 Å². The van der Waals surface area contributed by atoms with Crippen LogP contribution in [0.25, 0.3) is 17.1 Å². The molecule has 2 aromatic heterocycles. The molecule has 1 aromatic carbocycles. The monoisotopic (exact) mass is 341 g/mol. The highest BCUT2D eigenvalue weighted by molar-refractivity contribution is 7.99. The lowest BCUT2D eigenvalue weighted by atomic mass is 10.2. The molecule has 3 heterocycles. The Morgan fingerprint density at radius 1 is 1.21 bits per heavy atom. The molecule has 5 nitrogen and oxygen atoms in total. The Bertz CT molecular complexity index is 807. The first-order valence-corrected chi connectivity index (χ1v) is 9.11. The number of furan rings is 1. The maximum atomic E-state index is 5.73. The smallest absolute Gasteiger partial charge is 0.196 e. The van der Waals surface area contributed by atoms with E-state index in [2.05, 4.69) is 26.9 Å². The molecule has 0 saturated carbocycles. The first-order valence-electron chi connectivity index (χ1n) is 8.12. The number of benzene rings is 1. The molecular weight excluding hydrogens is 322 g/mol. The number of nitrogens with zero attached hydrogens (tertiary/aromatic N) is 3. The topological polar surface area (TPSA) is 53.1 Å². The maximum Gasteiger partial charge on any atom is 0.196 e. The number of thioether (sulfide) groups is 1. The van der Waals surface area contributed by atoms with Crippen molar-refractivity contribution in [3.05, 3.63) is 48.4 Å². The van der Waals surface area contributed by atoms with Gasteiger partial charge in [0, 0.05) is 18.0 Å². The zero-order valence-electron chi connectivity index (χ0n) is 13.5. The van der Waals surface area contributed by atoms with E-state index >= 15 is 0 Å². The Labute approximate surface area is 145 Å². The molecule has 1 aliphatic heterocycles. The largest absolute Gasteiger partial charge is 0.469 e. The molecule has 0 amide bonds. The molecule has 1 fully saturated rings. The molecule has 6 heteroatoms. The second kappa shape index (κ2) is 6.83. The highest BCUT2D eigenvalue weighted by Crippen LogP contribution is 2.31. The number of para-hydroxylation sites is 1. The fourth-order valence-electron chi connectivity index (χ4n) is 2.91. The minimum Gasteiger partial charge on any atom is -0.469 e. The van der Waals surface area contributed by atoms with E-state index in [9.17, 15) is 0 Å². The van der Waals surface area contributed by atoms with Gasteiger partial charge in [-0.3, -0.25) is 4.57 Å². The summed E-state index contributed by atoms with van der Waals surface area (Å²) in [6, 6.07) is 12.1. The van der Waals surface area contributed by atoms with Crippen LogP contribution in [0, 0.1) is 6.92 Å². The van der Waals surface area contributed by atoms with Gasteiger partial charge in [-0.15, -0.1) is 10.2 Å². The van der Waals surface area contributed by atoms with Gasteiger partial charge in [0.25, 0.3) is 0 Å². The number of rotatable bonds is 5. The standard InChI is InChI=1S/C18H19N3O2S/c1-13-16(9-11-22-13)17-19-20-18(24-12-15-8-5-10-23-15)21(17)14-6-3-2-4-7-14/h2-4,6-7,9,11,15H,5,8,10,12H2,1H3/t15-/m1/s1. The molecule has 24 heavy (non-hydrogen) atoms. The van der Waals surface area contributed by atoms with Crippen LogP contribution in [0.5, 0.6) is 0 Å². The van der Waals surface area contributed by atoms with Crippen LogP contribution in [0.1, 0.15) is 18.6 Å². The third-order valence-corrected chi connectivity index (χ3v) is 5.23. The fraction of sp³-hybridized carbons (Fsp3) is 0.333. The molecule has 124 valence electrons. The summed E-state index contributed by atoms with van der Waals surface area (Å²) in [7, 11) is 0. The van der Waals surface area contributed by atoms with Gasteiger partial charge in [0.2, 0.25) is 0 Å².